The summed E-state index contributed by atoms with van der Waals surface area (Å²) >= 11 is 1.29. The van der Waals surface area contributed by atoms with Crippen LogP contribution in [0.4, 0.5) is 13.2 Å². The first-order valence-corrected chi connectivity index (χ1v) is 8.38. The Labute approximate surface area is 147 Å². The summed E-state index contributed by atoms with van der Waals surface area (Å²) in [4.78, 5) is 25.6. The van der Waals surface area contributed by atoms with Crippen molar-refractivity contribution in [3.05, 3.63) is 57.8 Å². The van der Waals surface area contributed by atoms with Crippen LogP contribution in [0.3, 0.4) is 0 Å². The van der Waals surface area contributed by atoms with E-state index in [0.717, 1.165) is 6.07 Å². The van der Waals surface area contributed by atoms with Crippen LogP contribution >= 0.6 is 11.3 Å². The molecule has 2 rings (SSSR count). The highest BCUT2D eigenvalue weighted by atomic mass is 32.1. The standard InChI is InChI=1S/C17H17F3N2O2S/c1-22(11-12-5-2-3-6-13(12)17(18,19)20)15(23)8-9-21-16(24)14-7-4-10-25-14/h2-7,10H,8-9,11H2,1H3,(H,21,24). The lowest BCUT2D eigenvalue weighted by atomic mass is 10.1. The van der Waals surface area contributed by atoms with Crippen molar-refractivity contribution in [2.75, 3.05) is 13.6 Å². The molecule has 8 heteroatoms. The van der Waals surface area contributed by atoms with Gasteiger partial charge in [0.15, 0.2) is 0 Å². The van der Waals surface area contributed by atoms with Crippen molar-refractivity contribution in [1.82, 2.24) is 10.2 Å². The topological polar surface area (TPSA) is 49.4 Å². The summed E-state index contributed by atoms with van der Waals surface area (Å²) in [6.07, 6.45) is -4.45. The lowest BCUT2D eigenvalue weighted by Crippen LogP contribution is -2.32. The van der Waals surface area contributed by atoms with Gasteiger partial charge in [0.05, 0.1) is 10.4 Å². The monoisotopic (exact) mass is 370 g/mol. The van der Waals surface area contributed by atoms with Crippen molar-refractivity contribution in [3.8, 4) is 0 Å². The van der Waals surface area contributed by atoms with E-state index in [1.165, 1.54) is 41.5 Å². The molecule has 0 aliphatic carbocycles. The molecule has 1 aromatic carbocycles. The molecule has 2 amide bonds. The second-order valence-electron chi connectivity index (χ2n) is 5.39. The van der Waals surface area contributed by atoms with Gasteiger partial charge in [-0.1, -0.05) is 24.3 Å². The minimum Gasteiger partial charge on any atom is -0.351 e. The maximum Gasteiger partial charge on any atom is 0.416 e. The predicted molar refractivity (Wildman–Crippen MR) is 89.2 cm³/mol. The van der Waals surface area contributed by atoms with Gasteiger partial charge in [0.25, 0.3) is 5.91 Å². The van der Waals surface area contributed by atoms with E-state index in [1.54, 1.807) is 17.5 Å². The molecule has 0 fully saturated rings. The average Bonchev–Trinajstić information content (AvgIpc) is 3.08. The highest BCUT2D eigenvalue weighted by molar-refractivity contribution is 7.12. The number of carbonyl (C=O) groups excluding carboxylic acids is 2. The highest BCUT2D eigenvalue weighted by Gasteiger charge is 2.33. The number of nitrogens with one attached hydrogen (secondary N) is 1. The van der Waals surface area contributed by atoms with Gasteiger partial charge in [-0.2, -0.15) is 13.2 Å². The van der Waals surface area contributed by atoms with Gasteiger partial charge in [-0.25, -0.2) is 0 Å². The molecule has 0 atom stereocenters. The van der Waals surface area contributed by atoms with Crippen molar-refractivity contribution in [2.45, 2.75) is 19.1 Å². The number of amides is 2. The lowest BCUT2D eigenvalue weighted by Gasteiger charge is -2.20. The summed E-state index contributed by atoms with van der Waals surface area (Å²) in [5.41, 5.74) is -0.714. The summed E-state index contributed by atoms with van der Waals surface area (Å²) in [5.74, 6) is -0.615. The summed E-state index contributed by atoms with van der Waals surface area (Å²) in [6, 6.07) is 8.58. The molecular weight excluding hydrogens is 353 g/mol. The Morgan fingerprint density at radius 3 is 2.52 bits per heavy atom. The van der Waals surface area contributed by atoms with Gasteiger partial charge in [0, 0.05) is 26.6 Å². The Bertz CT molecular complexity index is 730. The number of hydrogen-bond donors (Lipinski definition) is 1. The summed E-state index contributed by atoms with van der Waals surface area (Å²) in [5, 5.41) is 4.38. The molecule has 0 bridgehead atoms. The van der Waals surface area contributed by atoms with Crippen molar-refractivity contribution in [3.63, 3.8) is 0 Å². The number of nitrogens with zero attached hydrogens (tertiary/aromatic N) is 1. The molecular formula is C17H17F3N2O2S. The van der Waals surface area contributed by atoms with E-state index in [-0.39, 0.29) is 36.9 Å². The normalized spacial score (nSPS) is 11.2. The van der Waals surface area contributed by atoms with Crippen LogP contribution in [-0.4, -0.2) is 30.3 Å². The van der Waals surface area contributed by atoms with E-state index in [4.69, 9.17) is 0 Å². The molecule has 25 heavy (non-hydrogen) atoms. The minimum atomic E-state index is -4.46. The van der Waals surface area contributed by atoms with E-state index in [2.05, 4.69) is 5.32 Å². The third-order valence-corrected chi connectivity index (χ3v) is 4.39. The maximum absolute atomic E-state index is 13.0. The zero-order chi connectivity index (χ0) is 18.4. The fourth-order valence-electron chi connectivity index (χ4n) is 2.25. The molecule has 1 N–H and O–H groups in total. The van der Waals surface area contributed by atoms with Crippen molar-refractivity contribution in [1.29, 1.82) is 0 Å². The molecule has 4 nitrogen and oxygen atoms in total. The van der Waals surface area contributed by atoms with Gasteiger partial charge in [-0.05, 0) is 23.1 Å². The van der Waals surface area contributed by atoms with E-state index < -0.39 is 11.7 Å². The second kappa shape index (κ2) is 8.15. The van der Waals surface area contributed by atoms with Crippen LogP contribution in [0.2, 0.25) is 0 Å². The molecule has 0 aliphatic heterocycles. The van der Waals surface area contributed by atoms with Crippen molar-refractivity contribution in [2.24, 2.45) is 0 Å². The molecule has 134 valence electrons. The predicted octanol–water partition coefficient (Wildman–Crippen LogP) is 3.55. The zero-order valence-corrected chi connectivity index (χ0v) is 14.3. The van der Waals surface area contributed by atoms with E-state index >= 15 is 0 Å². The molecule has 0 saturated heterocycles. The lowest BCUT2D eigenvalue weighted by molar-refractivity contribution is -0.139. The van der Waals surface area contributed by atoms with Gasteiger partial charge in [-0.15, -0.1) is 11.3 Å². The molecule has 0 aliphatic rings. The number of thiophene rings is 1. The van der Waals surface area contributed by atoms with Gasteiger partial charge >= 0.3 is 6.18 Å². The third-order valence-electron chi connectivity index (χ3n) is 3.53. The van der Waals surface area contributed by atoms with Gasteiger partial charge in [0.1, 0.15) is 0 Å². The number of alkyl halides is 3. The first-order valence-electron chi connectivity index (χ1n) is 7.50. The Kier molecular flexibility index (Phi) is 6.19. The second-order valence-corrected chi connectivity index (χ2v) is 6.34. The van der Waals surface area contributed by atoms with Crippen LogP contribution in [-0.2, 0) is 17.5 Å². The minimum absolute atomic E-state index is 0.0157. The number of hydrogen-bond acceptors (Lipinski definition) is 3. The van der Waals surface area contributed by atoms with E-state index in [9.17, 15) is 22.8 Å². The average molecular weight is 370 g/mol. The van der Waals surface area contributed by atoms with Crippen LogP contribution in [0.1, 0.15) is 27.2 Å². The molecule has 1 aromatic heterocycles. The van der Waals surface area contributed by atoms with Crippen LogP contribution < -0.4 is 5.32 Å². The summed E-state index contributed by atoms with van der Waals surface area (Å²) in [6.45, 7) is -0.0196. The highest BCUT2D eigenvalue weighted by Crippen LogP contribution is 2.32. The number of rotatable bonds is 6. The summed E-state index contributed by atoms with van der Waals surface area (Å²) in [7, 11) is 1.44. The molecule has 0 spiro atoms. The fourth-order valence-corrected chi connectivity index (χ4v) is 2.89. The van der Waals surface area contributed by atoms with Crippen LogP contribution in [0.25, 0.3) is 0 Å². The Morgan fingerprint density at radius 1 is 1.16 bits per heavy atom. The molecule has 1 heterocycles. The Balaban J connectivity index is 1.88. The van der Waals surface area contributed by atoms with E-state index in [0.29, 0.717) is 4.88 Å². The Morgan fingerprint density at radius 2 is 1.88 bits per heavy atom. The van der Waals surface area contributed by atoms with Gasteiger partial charge < -0.3 is 10.2 Å². The third kappa shape index (κ3) is 5.32. The molecule has 0 saturated carbocycles. The van der Waals surface area contributed by atoms with Crippen molar-refractivity contribution < 1.29 is 22.8 Å². The number of benzene rings is 1. The van der Waals surface area contributed by atoms with Crippen LogP contribution in [0, 0.1) is 0 Å². The first kappa shape index (κ1) is 19.0. The molecule has 0 radical (unpaired) electrons. The fraction of sp³-hybridized carbons (Fsp3) is 0.294. The molecule has 0 unspecified atom stereocenters. The molecule has 2 aromatic rings. The van der Waals surface area contributed by atoms with Gasteiger partial charge in [-0.3, -0.25) is 9.59 Å². The maximum atomic E-state index is 13.0. The number of carbonyl (C=O) groups is 2. The van der Waals surface area contributed by atoms with Crippen molar-refractivity contribution >= 4 is 23.2 Å². The SMILES string of the molecule is CN(Cc1ccccc1C(F)(F)F)C(=O)CCNC(=O)c1cccs1. The van der Waals surface area contributed by atoms with Crippen LogP contribution in [0.5, 0.6) is 0 Å². The van der Waals surface area contributed by atoms with E-state index in [1.807, 2.05) is 0 Å². The first-order chi connectivity index (χ1) is 11.8. The zero-order valence-electron chi connectivity index (χ0n) is 13.5. The van der Waals surface area contributed by atoms with Gasteiger partial charge in [0.2, 0.25) is 5.91 Å². The largest absolute Gasteiger partial charge is 0.416 e. The summed E-state index contributed by atoms with van der Waals surface area (Å²) < 4.78 is 38.9. The Hall–Kier alpha value is -2.35. The smallest absolute Gasteiger partial charge is 0.351 e. The number of halogens is 3. The quantitative estimate of drug-likeness (QED) is 0.846. The van der Waals surface area contributed by atoms with Crippen LogP contribution in [0.15, 0.2) is 41.8 Å².